The predicted molar refractivity (Wildman–Crippen MR) is 56.7 cm³/mol. The summed E-state index contributed by atoms with van der Waals surface area (Å²) in [7, 11) is 3.77. The third-order valence-corrected chi connectivity index (χ3v) is 1.84. The molecule has 3 heteroatoms. The third-order valence-electron chi connectivity index (χ3n) is 1.84. The lowest BCUT2D eigenvalue weighted by Crippen LogP contribution is -2.04. The Morgan fingerprint density at radius 2 is 2.21 bits per heavy atom. The number of rotatable bonds is 3. The van der Waals surface area contributed by atoms with Gasteiger partial charge in [0, 0.05) is 43.3 Å². The first kappa shape index (κ1) is 10.4. The van der Waals surface area contributed by atoms with Crippen LogP contribution in [0.2, 0.25) is 0 Å². The number of hydrogen-bond acceptors (Lipinski definition) is 3. The van der Waals surface area contributed by atoms with Crippen LogP contribution < -0.4 is 0 Å². The molecule has 14 heavy (non-hydrogen) atoms. The first-order valence-corrected chi connectivity index (χ1v) is 4.40. The highest BCUT2D eigenvalue weighted by Crippen LogP contribution is 2.14. The van der Waals surface area contributed by atoms with Gasteiger partial charge in [-0.1, -0.05) is 6.07 Å². The summed E-state index contributed by atoms with van der Waals surface area (Å²) >= 11 is 0. The highest BCUT2D eigenvalue weighted by molar-refractivity contribution is 6.07. The summed E-state index contributed by atoms with van der Waals surface area (Å²) in [6.45, 7) is 1.89. The van der Waals surface area contributed by atoms with Crippen molar-refractivity contribution in [1.82, 2.24) is 9.88 Å². The molecule has 0 aliphatic carbocycles. The van der Waals surface area contributed by atoms with Gasteiger partial charge in [-0.15, -0.1) is 0 Å². The van der Waals surface area contributed by atoms with Crippen LogP contribution in [0.3, 0.4) is 0 Å². The van der Waals surface area contributed by atoms with E-state index in [1.165, 1.54) is 0 Å². The summed E-state index contributed by atoms with van der Waals surface area (Å²) in [5.41, 5.74) is 2.41. The highest BCUT2D eigenvalue weighted by atomic mass is 16.1. The maximum atomic E-state index is 10.9. The molecule has 0 amide bonds. The van der Waals surface area contributed by atoms with E-state index < -0.39 is 0 Å². The van der Waals surface area contributed by atoms with Gasteiger partial charge in [0.1, 0.15) is 0 Å². The standard InChI is InChI=1S/C11H14N2O/c1-9-11(5-4-6-12-9)10(8-14)7-13(2)3/h4-8H,1-3H3. The second kappa shape index (κ2) is 4.56. The minimum atomic E-state index is 0.653. The van der Waals surface area contributed by atoms with Gasteiger partial charge in [-0.25, -0.2) is 0 Å². The zero-order valence-corrected chi connectivity index (χ0v) is 8.69. The van der Waals surface area contributed by atoms with Gasteiger partial charge in [-0.2, -0.15) is 0 Å². The Hall–Kier alpha value is -1.64. The number of allylic oxidation sites excluding steroid dienone is 1. The topological polar surface area (TPSA) is 33.2 Å². The van der Waals surface area contributed by atoms with Crippen LogP contribution in [0, 0.1) is 6.92 Å². The summed E-state index contributed by atoms with van der Waals surface area (Å²) in [6, 6.07) is 3.72. The van der Waals surface area contributed by atoms with E-state index in [2.05, 4.69) is 4.98 Å². The molecule has 0 saturated carbocycles. The van der Waals surface area contributed by atoms with Crippen molar-refractivity contribution < 1.29 is 4.79 Å². The Kier molecular flexibility index (Phi) is 3.40. The van der Waals surface area contributed by atoms with Crippen molar-refractivity contribution >= 4 is 11.9 Å². The maximum absolute atomic E-state index is 10.9. The minimum absolute atomic E-state index is 0.653. The van der Waals surface area contributed by atoms with E-state index in [9.17, 15) is 4.79 Å². The van der Waals surface area contributed by atoms with Gasteiger partial charge >= 0.3 is 0 Å². The fourth-order valence-corrected chi connectivity index (χ4v) is 1.23. The molecule has 3 nitrogen and oxygen atoms in total. The number of carbonyl (C=O) groups excluding carboxylic acids is 1. The number of aryl methyl sites for hydroxylation is 1. The SMILES string of the molecule is Cc1ncccc1C(C=O)=CN(C)C. The molecule has 1 heterocycles. The van der Waals surface area contributed by atoms with Gasteiger partial charge in [0.15, 0.2) is 6.29 Å². The van der Waals surface area contributed by atoms with Crippen LogP contribution in [0.25, 0.3) is 5.57 Å². The van der Waals surface area contributed by atoms with Crippen molar-refractivity contribution in [2.45, 2.75) is 6.92 Å². The number of hydrogen-bond donors (Lipinski definition) is 0. The number of aldehydes is 1. The number of nitrogens with zero attached hydrogens (tertiary/aromatic N) is 2. The molecule has 0 saturated heterocycles. The van der Waals surface area contributed by atoms with Crippen LogP contribution in [-0.2, 0) is 4.79 Å². The van der Waals surface area contributed by atoms with Crippen LogP contribution >= 0.6 is 0 Å². The van der Waals surface area contributed by atoms with E-state index in [0.717, 1.165) is 17.5 Å². The molecule has 1 rings (SSSR count). The Bertz CT molecular complexity index is 356. The Balaban J connectivity index is 3.13. The van der Waals surface area contributed by atoms with E-state index in [-0.39, 0.29) is 0 Å². The molecule has 0 atom stereocenters. The summed E-state index contributed by atoms with van der Waals surface area (Å²) in [5, 5.41) is 0. The zero-order chi connectivity index (χ0) is 10.6. The van der Waals surface area contributed by atoms with Crippen molar-refractivity contribution in [3.8, 4) is 0 Å². The summed E-state index contributed by atoms with van der Waals surface area (Å²) in [6.07, 6.45) is 4.36. The smallest absolute Gasteiger partial charge is 0.152 e. The van der Waals surface area contributed by atoms with Crippen molar-refractivity contribution in [2.24, 2.45) is 0 Å². The molecule has 0 N–H and O–H groups in total. The normalized spacial score (nSPS) is 11.2. The average molecular weight is 190 g/mol. The molecule has 0 radical (unpaired) electrons. The molecule has 0 fully saturated rings. The van der Waals surface area contributed by atoms with E-state index in [4.69, 9.17) is 0 Å². The molecule has 1 aromatic heterocycles. The molecule has 74 valence electrons. The largest absolute Gasteiger partial charge is 0.383 e. The second-order valence-corrected chi connectivity index (χ2v) is 3.30. The van der Waals surface area contributed by atoms with Crippen LogP contribution in [0.5, 0.6) is 0 Å². The number of aromatic nitrogens is 1. The van der Waals surface area contributed by atoms with Crippen molar-refractivity contribution in [3.63, 3.8) is 0 Å². The lowest BCUT2D eigenvalue weighted by molar-refractivity contribution is -0.103. The fraction of sp³-hybridized carbons (Fsp3) is 0.273. The summed E-state index contributed by atoms with van der Waals surface area (Å²) < 4.78 is 0. The Morgan fingerprint density at radius 3 is 2.71 bits per heavy atom. The van der Waals surface area contributed by atoms with Gasteiger partial charge in [0.2, 0.25) is 0 Å². The highest BCUT2D eigenvalue weighted by Gasteiger charge is 2.04. The van der Waals surface area contributed by atoms with Gasteiger partial charge < -0.3 is 4.90 Å². The Labute approximate surface area is 84.1 Å². The molecule has 0 aliphatic rings. The lowest BCUT2D eigenvalue weighted by atomic mass is 10.1. The molecule has 1 aromatic rings. The number of carbonyl (C=O) groups is 1. The minimum Gasteiger partial charge on any atom is -0.383 e. The van der Waals surface area contributed by atoms with Crippen LogP contribution in [0.15, 0.2) is 24.5 Å². The lowest BCUT2D eigenvalue weighted by Gasteiger charge is -2.08. The predicted octanol–water partition coefficient (Wildman–Crippen LogP) is 1.49. The van der Waals surface area contributed by atoms with Crippen LogP contribution in [0.1, 0.15) is 11.3 Å². The van der Waals surface area contributed by atoms with Crippen LogP contribution in [0.4, 0.5) is 0 Å². The molecule has 0 spiro atoms. The fourth-order valence-electron chi connectivity index (χ4n) is 1.23. The van der Waals surface area contributed by atoms with Gasteiger partial charge in [0.05, 0.1) is 0 Å². The van der Waals surface area contributed by atoms with E-state index >= 15 is 0 Å². The van der Waals surface area contributed by atoms with E-state index in [0.29, 0.717) is 5.57 Å². The summed E-state index contributed by atoms with van der Waals surface area (Å²) in [5.74, 6) is 0. The van der Waals surface area contributed by atoms with Gasteiger partial charge in [0.25, 0.3) is 0 Å². The quantitative estimate of drug-likeness (QED) is 0.535. The third kappa shape index (κ3) is 2.42. The van der Waals surface area contributed by atoms with Crippen molar-refractivity contribution in [1.29, 1.82) is 0 Å². The second-order valence-electron chi connectivity index (χ2n) is 3.30. The first-order chi connectivity index (χ1) is 6.65. The van der Waals surface area contributed by atoms with Gasteiger partial charge in [-0.05, 0) is 13.0 Å². The van der Waals surface area contributed by atoms with Crippen molar-refractivity contribution in [3.05, 3.63) is 35.8 Å². The monoisotopic (exact) mass is 190 g/mol. The summed E-state index contributed by atoms with van der Waals surface area (Å²) in [4.78, 5) is 16.9. The number of pyridine rings is 1. The average Bonchev–Trinajstić information content (AvgIpc) is 2.15. The van der Waals surface area contributed by atoms with E-state index in [1.807, 2.05) is 38.1 Å². The molecular formula is C11H14N2O. The van der Waals surface area contributed by atoms with E-state index in [1.54, 1.807) is 12.4 Å². The Morgan fingerprint density at radius 1 is 1.50 bits per heavy atom. The molecule has 0 bridgehead atoms. The van der Waals surface area contributed by atoms with Crippen LogP contribution in [-0.4, -0.2) is 30.3 Å². The molecular weight excluding hydrogens is 176 g/mol. The first-order valence-electron chi connectivity index (χ1n) is 4.40. The molecule has 0 unspecified atom stereocenters. The van der Waals surface area contributed by atoms with Gasteiger partial charge in [-0.3, -0.25) is 9.78 Å². The molecule has 0 aromatic carbocycles. The van der Waals surface area contributed by atoms with Crippen molar-refractivity contribution in [2.75, 3.05) is 14.1 Å². The maximum Gasteiger partial charge on any atom is 0.152 e. The zero-order valence-electron chi connectivity index (χ0n) is 8.69. The molecule has 0 aliphatic heterocycles.